The number of carbonyl (C=O) groups excluding carboxylic acids is 2. The molecule has 0 saturated heterocycles. The Morgan fingerprint density at radius 3 is 2.55 bits per heavy atom. The van der Waals surface area contributed by atoms with Crippen LogP contribution in [-0.2, 0) is 22.6 Å². The predicted molar refractivity (Wildman–Crippen MR) is 82.9 cm³/mol. The molecule has 0 heterocycles. The van der Waals surface area contributed by atoms with Crippen molar-refractivity contribution < 1.29 is 19.1 Å². The topological polar surface area (TPSA) is 52.6 Å². The minimum atomic E-state index is -0.311. The summed E-state index contributed by atoms with van der Waals surface area (Å²) >= 11 is 0. The summed E-state index contributed by atoms with van der Waals surface area (Å²) in [6.45, 7) is 1.87. The van der Waals surface area contributed by atoms with E-state index in [0.29, 0.717) is 17.9 Å². The quantitative estimate of drug-likeness (QED) is 0.607. The van der Waals surface area contributed by atoms with Crippen LogP contribution in [0.15, 0.2) is 48.5 Å². The van der Waals surface area contributed by atoms with Crippen LogP contribution >= 0.6 is 0 Å². The molecule has 2 aromatic rings. The summed E-state index contributed by atoms with van der Waals surface area (Å²) in [5.74, 6) is 0.351. The highest BCUT2D eigenvalue weighted by Crippen LogP contribution is 2.20. The lowest BCUT2D eigenvalue weighted by Crippen LogP contribution is -2.07. The van der Waals surface area contributed by atoms with E-state index < -0.39 is 0 Å². The minimum Gasteiger partial charge on any atom is -0.489 e. The van der Waals surface area contributed by atoms with Crippen LogP contribution in [0.2, 0.25) is 0 Å². The molecule has 0 amide bonds. The second-order valence-electron chi connectivity index (χ2n) is 4.91. The lowest BCUT2D eigenvalue weighted by Gasteiger charge is -2.11. The van der Waals surface area contributed by atoms with Gasteiger partial charge in [-0.1, -0.05) is 36.4 Å². The van der Waals surface area contributed by atoms with E-state index in [4.69, 9.17) is 4.74 Å². The second kappa shape index (κ2) is 7.41. The van der Waals surface area contributed by atoms with Gasteiger partial charge in [-0.15, -0.1) is 0 Å². The summed E-state index contributed by atoms with van der Waals surface area (Å²) < 4.78 is 10.5. The lowest BCUT2D eigenvalue weighted by molar-refractivity contribution is -0.139. The van der Waals surface area contributed by atoms with Crippen molar-refractivity contribution in [2.75, 3.05) is 7.11 Å². The number of para-hydroxylation sites is 1. The van der Waals surface area contributed by atoms with E-state index in [2.05, 4.69) is 4.74 Å². The number of hydrogen-bond acceptors (Lipinski definition) is 4. The first-order valence-corrected chi connectivity index (χ1v) is 6.97. The Morgan fingerprint density at radius 2 is 1.82 bits per heavy atom. The SMILES string of the molecule is COC(=O)Cc1ccccc1OCc1cccc(C(C)=O)c1. The van der Waals surface area contributed by atoms with Gasteiger partial charge in [-0.05, 0) is 24.6 Å². The second-order valence-corrected chi connectivity index (χ2v) is 4.91. The summed E-state index contributed by atoms with van der Waals surface area (Å²) in [6.07, 6.45) is 0.167. The average molecular weight is 298 g/mol. The van der Waals surface area contributed by atoms with Gasteiger partial charge in [0.2, 0.25) is 0 Å². The third kappa shape index (κ3) is 4.19. The van der Waals surface area contributed by atoms with Crippen molar-refractivity contribution in [1.82, 2.24) is 0 Å². The maximum absolute atomic E-state index is 11.4. The van der Waals surface area contributed by atoms with Crippen molar-refractivity contribution in [2.24, 2.45) is 0 Å². The molecule has 2 aromatic carbocycles. The molecular formula is C18H18O4. The third-order valence-corrected chi connectivity index (χ3v) is 3.26. The summed E-state index contributed by atoms with van der Waals surface area (Å²) in [5.41, 5.74) is 2.33. The van der Waals surface area contributed by atoms with Gasteiger partial charge in [0, 0.05) is 11.1 Å². The first-order chi connectivity index (χ1) is 10.6. The minimum absolute atomic E-state index is 0.0212. The molecule has 0 unspecified atom stereocenters. The Bertz CT molecular complexity index is 676. The van der Waals surface area contributed by atoms with Crippen LogP contribution in [0.1, 0.15) is 28.4 Å². The summed E-state index contributed by atoms with van der Waals surface area (Å²) in [6, 6.07) is 14.7. The molecule has 0 fully saturated rings. The van der Waals surface area contributed by atoms with Crippen LogP contribution in [0, 0.1) is 0 Å². The Kier molecular flexibility index (Phi) is 5.31. The van der Waals surface area contributed by atoms with Crippen LogP contribution in [0.4, 0.5) is 0 Å². The highest BCUT2D eigenvalue weighted by atomic mass is 16.5. The van der Waals surface area contributed by atoms with E-state index in [1.54, 1.807) is 6.07 Å². The van der Waals surface area contributed by atoms with Gasteiger partial charge in [-0.3, -0.25) is 9.59 Å². The number of ketones is 1. The lowest BCUT2D eigenvalue weighted by atomic mass is 10.1. The van der Waals surface area contributed by atoms with Crippen LogP contribution in [0.3, 0.4) is 0 Å². The van der Waals surface area contributed by atoms with E-state index in [0.717, 1.165) is 11.1 Å². The number of methoxy groups -OCH3 is 1. The molecule has 0 aliphatic heterocycles. The molecule has 22 heavy (non-hydrogen) atoms. The summed E-state index contributed by atoms with van der Waals surface area (Å²) in [5, 5.41) is 0. The fourth-order valence-corrected chi connectivity index (χ4v) is 2.06. The zero-order valence-electron chi connectivity index (χ0n) is 12.7. The van der Waals surface area contributed by atoms with Crippen molar-refractivity contribution in [3.63, 3.8) is 0 Å². The zero-order chi connectivity index (χ0) is 15.9. The van der Waals surface area contributed by atoms with Crippen LogP contribution in [0.25, 0.3) is 0 Å². The van der Waals surface area contributed by atoms with Crippen molar-refractivity contribution in [2.45, 2.75) is 20.0 Å². The smallest absolute Gasteiger partial charge is 0.310 e. The van der Waals surface area contributed by atoms with E-state index in [1.165, 1.54) is 14.0 Å². The molecule has 4 nitrogen and oxygen atoms in total. The molecule has 0 aliphatic carbocycles. The van der Waals surface area contributed by atoms with Crippen molar-refractivity contribution in [3.8, 4) is 5.75 Å². The molecule has 0 N–H and O–H groups in total. The number of ether oxygens (including phenoxy) is 2. The first kappa shape index (κ1) is 15.8. The highest BCUT2D eigenvalue weighted by Gasteiger charge is 2.09. The summed E-state index contributed by atoms with van der Waals surface area (Å²) in [4.78, 5) is 22.8. The largest absolute Gasteiger partial charge is 0.489 e. The molecule has 0 spiro atoms. The number of benzene rings is 2. The van der Waals surface area contributed by atoms with Crippen molar-refractivity contribution >= 4 is 11.8 Å². The number of esters is 1. The van der Waals surface area contributed by atoms with E-state index in [9.17, 15) is 9.59 Å². The fraction of sp³-hybridized carbons (Fsp3) is 0.222. The van der Waals surface area contributed by atoms with E-state index in [-0.39, 0.29) is 18.2 Å². The molecule has 4 heteroatoms. The van der Waals surface area contributed by atoms with Gasteiger partial charge in [-0.2, -0.15) is 0 Å². The highest BCUT2D eigenvalue weighted by molar-refractivity contribution is 5.94. The van der Waals surface area contributed by atoms with Crippen LogP contribution in [-0.4, -0.2) is 18.9 Å². The van der Waals surface area contributed by atoms with Crippen LogP contribution in [0.5, 0.6) is 5.75 Å². The van der Waals surface area contributed by atoms with Gasteiger partial charge in [0.15, 0.2) is 5.78 Å². The van der Waals surface area contributed by atoms with Gasteiger partial charge in [0.1, 0.15) is 12.4 Å². The molecule has 0 bridgehead atoms. The first-order valence-electron chi connectivity index (χ1n) is 6.97. The van der Waals surface area contributed by atoms with E-state index in [1.807, 2.05) is 42.5 Å². The molecule has 0 aliphatic rings. The number of hydrogen-bond donors (Lipinski definition) is 0. The average Bonchev–Trinajstić information content (AvgIpc) is 2.54. The van der Waals surface area contributed by atoms with Crippen molar-refractivity contribution in [1.29, 1.82) is 0 Å². The van der Waals surface area contributed by atoms with Crippen LogP contribution < -0.4 is 4.74 Å². The van der Waals surface area contributed by atoms with Gasteiger partial charge in [0.25, 0.3) is 0 Å². The molecule has 114 valence electrons. The monoisotopic (exact) mass is 298 g/mol. The predicted octanol–water partition coefficient (Wildman–Crippen LogP) is 3.18. The maximum Gasteiger partial charge on any atom is 0.310 e. The van der Waals surface area contributed by atoms with Crippen molar-refractivity contribution in [3.05, 3.63) is 65.2 Å². The van der Waals surface area contributed by atoms with Gasteiger partial charge in [0.05, 0.1) is 13.5 Å². The standard InChI is InChI=1S/C18H18O4/c1-13(19)15-8-5-6-14(10-15)12-22-17-9-4-3-7-16(17)11-18(20)21-2/h3-10H,11-12H2,1-2H3. The molecule has 0 radical (unpaired) electrons. The number of carbonyl (C=O) groups is 2. The molecular weight excluding hydrogens is 280 g/mol. The molecule has 0 aromatic heterocycles. The normalized spacial score (nSPS) is 10.1. The Balaban J connectivity index is 2.10. The Hall–Kier alpha value is -2.62. The molecule has 0 saturated carbocycles. The Morgan fingerprint density at radius 1 is 1.05 bits per heavy atom. The van der Waals surface area contributed by atoms with Gasteiger partial charge < -0.3 is 9.47 Å². The zero-order valence-corrected chi connectivity index (χ0v) is 12.7. The van der Waals surface area contributed by atoms with Gasteiger partial charge >= 0.3 is 5.97 Å². The Labute approximate surface area is 129 Å². The van der Waals surface area contributed by atoms with Gasteiger partial charge in [-0.25, -0.2) is 0 Å². The number of rotatable bonds is 6. The fourth-order valence-electron chi connectivity index (χ4n) is 2.06. The molecule has 2 rings (SSSR count). The summed E-state index contributed by atoms with van der Waals surface area (Å²) in [7, 11) is 1.36. The molecule has 0 atom stereocenters. The third-order valence-electron chi connectivity index (χ3n) is 3.26. The van der Waals surface area contributed by atoms with E-state index >= 15 is 0 Å². The number of Topliss-reactive ketones (excluding diaryl/α,β-unsaturated/α-hetero) is 1. The maximum atomic E-state index is 11.4.